The van der Waals surface area contributed by atoms with E-state index in [4.69, 9.17) is 9.47 Å². The van der Waals surface area contributed by atoms with Crippen molar-refractivity contribution in [2.75, 3.05) is 0 Å². The second kappa shape index (κ2) is 14.0. The summed E-state index contributed by atoms with van der Waals surface area (Å²) in [5.74, 6) is -1.25. The van der Waals surface area contributed by atoms with Crippen LogP contribution < -0.4 is 31.2 Å². The number of carbonyl (C=O) groups is 4. The Morgan fingerprint density at radius 1 is 0.579 bits per heavy atom. The summed E-state index contributed by atoms with van der Waals surface area (Å²) in [5, 5.41) is 0. The van der Waals surface area contributed by atoms with Crippen LogP contribution >= 0.6 is 0 Å². The van der Waals surface area contributed by atoms with E-state index in [1.807, 2.05) is 12.1 Å². The van der Waals surface area contributed by atoms with Crippen LogP contribution in [0.3, 0.4) is 0 Å². The number of carbonyl (C=O) groups excluding carboxylic acids is 4. The Labute approximate surface area is 220 Å². The van der Waals surface area contributed by atoms with Gasteiger partial charge >= 0.3 is 0 Å². The van der Waals surface area contributed by atoms with Gasteiger partial charge in [0.25, 0.3) is 23.6 Å². The molecule has 4 N–H and O–H groups in total. The van der Waals surface area contributed by atoms with Crippen molar-refractivity contribution in [2.24, 2.45) is 0 Å². The standard InChI is InChI=1S/C28H30N4O6/c1-3-23(37-21-14-7-5-8-15-21)27(35)31-29-25(33)19-12-11-13-20(18-19)26(34)30-32-28(36)24(4-2)38-22-16-9-6-10-17-22/h5-18,23-24H,3-4H2,1-2H3,(H,29,33)(H,30,34)(H,31,35)(H,32,36). The van der Waals surface area contributed by atoms with E-state index in [1.54, 1.807) is 62.4 Å². The number of nitrogens with one attached hydrogen (secondary N) is 4. The molecule has 0 aliphatic rings. The van der Waals surface area contributed by atoms with Gasteiger partial charge < -0.3 is 9.47 Å². The lowest BCUT2D eigenvalue weighted by Crippen LogP contribution is -2.48. The van der Waals surface area contributed by atoms with Crippen LogP contribution in [0.15, 0.2) is 84.9 Å². The lowest BCUT2D eigenvalue weighted by Gasteiger charge is -2.18. The molecule has 0 heterocycles. The van der Waals surface area contributed by atoms with Gasteiger partial charge in [-0.25, -0.2) is 0 Å². The maximum absolute atomic E-state index is 12.6. The van der Waals surface area contributed by atoms with Crippen LogP contribution in [0.5, 0.6) is 11.5 Å². The zero-order chi connectivity index (χ0) is 27.3. The summed E-state index contributed by atoms with van der Waals surface area (Å²) in [6.45, 7) is 3.57. The Balaban J connectivity index is 1.52. The second-order valence-electron chi connectivity index (χ2n) is 8.12. The van der Waals surface area contributed by atoms with Gasteiger partial charge in [0.05, 0.1) is 0 Å². The quantitative estimate of drug-likeness (QED) is 0.305. The molecule has 0 spiro atoms. The van der Waals surface area contributed by atoms with Crippen molar-refractivity contribution in [1.29, 1.82) is 0 Å². The molecule has 10 heteroatoms. The summed E-state index contributed by atoms with van der Waals surface area (Å²) in [4.78, 5) is 50.1. The minimum Gasteiger partial charge on any atom is -0.481 e. The molecular weight excluding hydrogens is 488 g/mol. The fourth-order valence-corrected chi connectivity index (χ4v) is 3.31. The van der Waals surface area contributed by atoms with Crippen LogP contribution in [-0.2, 0) is 9.59 Å². The third kappa shape index (κ3) is 8.09. The topological polar surface area (TPSA) is 135 Å². The van der Waals surface area contributed by atoms with Crippen molar-refractivity contribution in [2.45, 2.75) is 38.9 Å². The molecule has 198 valence electrons. The SMILES string of the molecule is CCC(Oc1ccccc1)C(=O)NNC(=O)c1cccc(C(=O)NNC(=O)C(CC)Oc2ccccc2)c1. The number of hydrazine groups is 2. The predicted octanol–water partition coefficient (Wildman–Crippen LogP) is 2.92. The molecule has 0 bridgehead atoms. The average molecular weight is 519 g/mol. The van der Waals surface area contributed by atoms with Gasteiger partial charge in [0.15, 0.2) is 12.2 Å². The van der Waals surface area contributed by atoms with E-state index in [0.717, 1.165) is 0 Å². The van der Waals surface area contributed by atoms with Crippen LogP contribution in [0.25, 0.3) is 0 Å². The van der Waals surface area contributed by atoms with Gasteiger partial charge in [-0.2, -0.15) is 0 Å². The van der Waals surface area contributed by atoms with Gasteiger partial charge in [0, 0.05) is 11.1 Å². The first-order valence-corrected chi connectivity index (χ1v) is 12.1. The normalized spacial score (nSPS) is 11.8. The number of hydrogen-bond donors (Lipinski definition) is 4. The van der Waals surface area contributed by atoms with Crippen LogP contribution in [0.2, 0.25) is 0 Å². The third-order valence-electron chi connectivity index (χ3n) is 5.35. The molecule has 2 atom stereocenters. The van der Waals surface area contributed by atoms with E-state index in [2.05, 4.69) is 21.7 Å². The van der Waals surface area contributed by atoms with E-state index in [-0.39, 0.29) is 11.1 Å². The van der Waals surface area contributed by atoms with Crippen LogP contribution in [0.1, 0.15) is 47.4 Å². The lowest BCUT2D eigenvalue weighted by atomic mass is 10.1. The van der Waals surface area contributed by atoms with Gasteiger partial charge in [-0.05, 0) is 55.3 Å². The Morgan fingerprint density at radius 3 is 1.34 bits per heavy atom. The fourth-order valence-electron chi connectivity index (χ4n) is 3.31. The summed E-state index contributed by atoms with van der Waals surface area (Å²) in [7, 11) is 0. The lowest BCUT2D eigenvalue weighted by molar-refractivity contribution is -0.129. The zero-order valence-corrected chi connectivity index (χ0v) is 21.1. The van der Waals surface area contributed by atoms with E-state index in [0.29, 0.717) is 24.3 Å². The van der Waals surface area contributed by atoms with Gasteiger partial charge in [-0.1, -0.05) is 56.3 Å². The second-order valence-corrected chi connectivity index (χ2v) is 8.12. The molecule has 3 aromatic rings. The number of para-hydroxylation sites is 2. The summed E-state index contributed by atoms with van der Waals surface area (Å²) in [5.41, 5.74) is 9.59. The monoisotopic (exact) mass is 518 g/mol. The first-order chi connectivity index (χ1) is 18.4. The summed E-state index contributed by atoms with van der Waals surface area (Å²) < 4.78 is 11.3. The molecule has 3 aromatic carbocycles. The molecule has 0 saturated carbocycles. The highest BCUT2D eigenvalue weighted by Crippen LogP contribution is 2.13. The molecule has 0 fully saturated rings. The molecule has 10 nitrogen and oxygen atoms in total. The highest BCUT2D eigenvalue weighted by Gasteiger charge is 2.21. The van der Waals surface area contributed by atoms with Crippen LogP contribution in [0.4, 0.5) is 0 Å². The van der Waals surface area contributed by atoms with Gasteiger partial charge in [0.2, 0.25) is 0 Å². The molecular formula is C28H30N4O6. The van der Waals surface area contributed by atoms with Crippen molar-refractivity contribution in [3.05, 3.63) is 96.1 Å². The summed E-state index contributed by atoms with van der Waals surface area (Å²) in [6, 6.07) is 23.5. The Bertz CT molecular complexity index is 1140. The molecule has 0 aromatic heterocycles. The highest BCUT2D eigenvalue weighted by molar-refractivity contribution is 6.00. The van der Waals surface area contributed by atoms with E-state index in [9.17, 15) is 19.2 Å². The fraction of sp³-hybridized carbons (Fsp3) is 0.214. The van der Waals surface area contributed by atoms with Crippen LogP contribution in [0, 0.1) is 0 Å². The van der Waals surface area contributed by atoms with Crippen molar-refractivity contribution >= 4 is 23.6 Å². The minimum absolute atomic E-state index is 0.125. The average Bonchev–Trinajstić information content (AvgIpc) is 2.96. The van der Waals surface area contributed by atoms with Crippen molar-refractivity contribution in [3.63, 3.8) is 0 Å². The number of rotatable bonds is 10. The van der Waals surface area contributed by atoms with E-state index < -0.39 is 35.8 Å². The molecule has 0 aliphatic carbocycles. The van der Waals surface area contributed by atoms with Gasteiger partial charge in [-0.3, -0.25) is 40.9 Å². The van der Waals surface area contributed by atoms with Crippen LogP contribution in [-0.4, -0.2) is 35.8 Å². The number of benzene rings is 3. The third-order valence-corrected chi connectivity index (χ3v) is 5.35. The summed E-state index contributed by atoms with van der Waals surface area (Å²) in [6.07, 6.45) is -0.854. The molecule has 0 saturated heterocycles. The smallest absolute Gasteiger partial charge is 0.279 e. The number of hydrogen-bond acceptors (Lipinski definition) is 6. The molecule has 3 rings (SSSR count). The largest absolute Gasteiger partial charge is 0.481 e. The van der Waals surface area contributed by atoms with E-state index >= 15 is 0 Å². The predicted molar refractivity (Wildman–Crippen MR) is 140 cm³/mol. The first-order valence-electron chi connectivity index (χ1n) is 12.1. The maximum Gasteiger partial charge on any atom is 0.279 e. The molecule has 2 unspecified atom stereocenters. The van der Waals surface area contributed by atoms with Gasteiger partial charge in [-0.15, -0.1) is 0 Å². The summed E-state index contributed by atoms with van der Waals surface area (Å²) >= 11 is 0. The number of amides is 4. The first kappa shape index (κ1) is 27.7. The maximum atomic E-state index is 12.6. The highest BCUT2D eigenvalue weighted by atomic mass is 16.5. The number of ether oxygens (including phenoxy) is 2. The van der Waals surface area contributed by atoms with Crippen molar-refractivity contribution in [1.82, 2.24) is 21.7 Å². The Hall–Kier alpha value is -4.86. The molecule has 4 amide bonds. The Kier molecular flexibility index (Phi) is 10.2. The van der Waals surface area contributed by atoms with Crippen molar-refractivity contribution in [3.8, 4) is 11.5 Å². The molecule has 38 heavy (non-hydrogen) atoms. The van der Waals surface area contributed by atoms with Crippen molar-refractivity contribution < 1.29 is 28.7 Å². The molecule has 0 radical (unpaired) electrons. The zero-order valence-electron chi connectivity index (χ0n) is 21.1. The Morgan fingerprint density at radius 2 is 0.974 bits per heavy atom. The molecule has 0 aliphatic heterocycles. The minimum atomic E-state index is -0.809. The van der Waals surface area contributed by atoms with E-state index in [1.165, 1.54) is 24.3 Å². The van der Waals surface area contributed by atoms with Gasteiger partial charge in [0.1, 0.15) is 11.5 Å².